The van der Waals surface area contributed by atoms with Crippen molar-refractivity contribution in [3.8, 4) is 5.75 Å². The van der Waals surface area contributed by atoms with Crippen LogP contribution in [0, 0.1) is 0 Å². The number of aliphatic hydroxyl groups excluding tert-OH is 1. The fraction of sp³-hybridized carbons (Fsp3) is 0.333. The number of benzene rings is 2. The lowest BCUT2D eigenvalue weighted by molar-refractivity contribution is 0.121. The molecule has 0 amide bonds. The van der Waals surface area contributed by atoms with Gasteiger partial charge in [-0.25, -0.2) is 0 Å². The van der Waals surface area contributed by atoms with E-state index in [4.69, 9.17) is 0 Å². The van der Waals surface area contributed by atoms with Crippen molar-refractivity contribution in [3.05, 3.63) is 42.0 Å². The molecule has 3 rings (SSSR count). The van der Waals surface area contributed by atoms with Crippen molar-refractivity contribution in [1.29, 1.82) is 0 Å². The summed E-state index contributed by atoms with van der Waals surface area (Å²) in [6.45, 7) is 0.196. The second-order valence-electron chi connectivity index (χ2n) is 4.97. The van der Waals surface area contributed by atoms with E-state index in [0.29, 0.717) is 5.75 Å². The number of rotatable bonds is 2. The molecule has 1 fully saturated rings. The molecule has 0 bridgehead atoms. The lowest BCUT2D eigenvalue weighted by Crippen LogP contribution is -2.38. The van der Waals surface area contributed by atoms with Crippen LogP contribution in [0.1, 0.15) is 24.8 Å². The first-order valence-electron chi connectivity index (χ1n) is 6.09. The molecular weight excluding hydrogens is 212 g/mol. The maximum atomic E-state index is 9.86. The molecule has 2 heteroatoms. The minimum Gasteiger partial charge on any atom is -0.507 e. The Morgan fingerprint density at radius 1 is 1.00 bits per heavy atom. The van der Waals surface area contributed by atoms with Crippen LogP contribution in [-0.4, -0.2) is 16.8 Å². The first-order chi connectivity index (χ1) is 8.27. The van der Waals surface area contributed by atoms with E-state index in [1.54, 1.807) is 6.07 Å². The number of phenolic OH excluding ortho intramolecular Hbond substituents is 1. The standard InChI is InChI=1S/C15H16O2/c16-10-15(8-3-9-15)13-6-1-5-12-11(13)4-2-7-14(12)17/h1-2,4-7,16-17H,3,8-10H2. The number of hydrogen-bond acceptors (Lipinski definition) is 2. The highest BCUT2D eigenvalue weighted by Gasteiger charge is 2.39. The number of aromatic hydroxyl groups is 1. The molecule has 0 radical (unpaired) electrons. The average Bonchev–Trinajstić information content (AvgIpc) is 2.30. The smallest absolute Gasteiger partial charge is 0.123 e. The van der Waals surface area contributed by atoms with Crippen molar-refractivity contribution in [2.24, 2.45) is 0 Å². The minimum atomic E-state index is -0.0761. The van der Waals surface area contributed by atoms with Crippen molar-refractivity contribution in [3.63, 3.8) is 0 Å². The second kappa shape index (κ2) is 3.74. The predicted octanol–water partition coefficient (Wildman–Crippen LogP) is 2.96. The molecule has 0 spiro atoms. The first-order valence-corrected chi connectivity index (χ1v) is 6.09. The molecule has 2 aromatic rings. The van der Waals surface area contributed by atoms with E-state index < -0.39 is 0 Å². The van der Waals surface area contributed by atoms with Crippen LogP contribution in [0.3, 0.4) is 0 Å². The van der Waals surface area contributed by atoms with Gasteiger partial charge in [0.15, 0.2) is 0 Å². The van der Waals surface area contributed by atoms with Crippen molar-refractivity contribution in [1.82, 2.24) is 0 Å². The van der Waals surface area contributed by atoms with Crippen LogP contribution in [0.15, 0.2) is 36.4 Å². The van der Waals surface area contributed by atoms with E-state index in [0.717, 1.165) is 23.6 Å². The van der Waals surface area contributed by atoms with Gasteiger partial charge in [0.1, 0.15) is 5.75 Å². The number of hydrogen-bond donors (Lipinski definition) is 2. The summed E-state index contributed by atoms with van der Waals surface area (Å²) in [5, 5.41) is 21.5. The Morgan fingerprint density at radius 2 is 1.71 bits per heavy atom. The highest BCUT2D eigenvalue weighted by atomic mass is 16.3. The summed E-state index contributed by atoms with van der Waals surface area (Å²) in [6, 6.07) is 11.6. The molecule has 0 aromatic heterocycles. The van der Waals surface area contributed by atoms with Gasteiger partial charge in [0.05, 0.1) is 6.61 Å². The van der Waals surface area contributed by atoms with Gasteiger partial charge >= 0.3 is 0 Å². The highest BCUT2D eigenvalue weighted by molar-refractivity contribution is 5.91. The van der Waals surface area contributed by atoms with Gasteiger partial charge in [-0.05, 0) is 29.9 Å². The Kier molecular flexibility index (Phi) is 2.33. The molecule has 1 aliphatic rings. The van der Waals surface area contributed by atoms with Gasteiger partial charge in [-0.3, -0.25) is 0 Å². The molecule has 0 heterocycles. The maximum Gasteiger partial charge on any atom is 0.123 e. The third kappa shape index (κ3) is 1.44. The summed E-state index contributed by atoms with van der Waals surface area (Å²) >= 11 is 0. The summed E-state index contributed by atoms with van der Waals surface area (Å²) < 4.78 is 0. The first kappa shape index (κ1) is 10.6. The highest BCUT2D eigenvalue weighted by Crippen LogP contribution is 2.46. The zero-order valence-electron chi connectivity index (χ0n) is 9.69. The molecule has 0 aliphatic heterocycles. The normalized spacial score (nSPS) is 17.9. The van der Waals surface area contributed by atoms with Crippen LogP contribution in [0.2, 0.25) is 0 Å². The topological polar surface area (TPSA) is 40.5 Å². The van der Waals surface area contributed by atoms with Gasteiger partial charge in [0.25, 0.3) is 0 Å². The van der Waals surface area contributed by atoms with Crippen LogP contribution in [-0.2, 0) is 5.41 Å². The largest absolute Gasteiger partial charge is 0.507 e. The fourth-order valence-corrected chi connectivity index (χ4v) is 2.87. The molecule has 0 unspecified atom stereocenters. The van der Waals surface area contributed by atoms with Gasteiger partial charge in [-0.15, -0.1) is 0 Å². The quantitative estimate of drug-likeness (QED) is 0.829. The fourth-order valence-electron chi connectivity index (χ4n) is 2.87. The van der Waals surface area contributed by atoms with E-state index in [2.05, 4.69) is 6.07 Å². The molecular formula is C15H16O2. The van der Waals surface area contributed by atoms with Gasteiger partial charge in [-0.1, -0.05) is 36.8 Å². The zero-order valence-corrected chi connectivity index (χ0v) is 9.69. The van der Waals surface area contributed by atoms with E-state index in [1.807, 2.05) is 24.3 Å². The zero-order chi connectivity index (χ0) is 11.9. The average molecular weight is 228 g/mol. The summed E-state index contributed by atoms with van der Waals surface area (Å²) in [6.07, 6.45) is 3.26. The maximum absolute atomic E-state index is 9.86. The van der Waals surface area contributed by atoms with E-state index in [9.17, 15) is 10.2 Å². The molecule has 0 saturated heterocycles. The lowest BCUT2D eigenvalue weighted by atomic mass is 9.64. The van der Waals surface area contributed by atoms with Gasteiger partial charge < -0.3 is 10.2 Å². The Bertz CT molecular complexity index is 550. The number of fused-ring (bicyclic) bond motifs is 1. The number of aliphatic hydroxyl groups is 1. The van der Waals surface area contributed by atoms with E-state index >= 15 is 0 Å². The molecule has 2 aromatic carbocycles. The number of phenols is 1. The van der Waals surface area contributed by atoms with E-state index in [-0.39, 0.29) is 12.0 Å². The van der Waals surface area contributed by atoms with Crippen LogP contribution >= 0.6 is 0 Å². The van der Waals surface area contributed by atoms with Crippen LogP contribution in [0.4, 0.5) is 0 Å². The van der Waals surface area contributed by atoms with Crippen molar-refractivity contribution >= 4 is 10.8 Å². The molecule has 2 nitrogen and oxygen atoms in total. The SMILES string of the molecule is OCC1(c2cccc3c(O)cccc23)CCC1. The summed E-state index contributed by atoms with van der Waals surface area (Å²) in [4.78, 5) is 0. The second-order valence-corrected chi connectivity index (χ2v) is 4.97. The molecule has 17 heavy (non-hydrogen) atoms. The van der Waals surface area contributed by atoms with Gasteiger partial charge in [0.2, 0.25) is 0 Å². The van der Waals surface area contributed by atoms with Crippen LogP contribution in [0.25, 0.3) is 10.8 Å². The Morgan fingerprint density at radius 3 is 2.35 bits per heavy atom. The Labute approximate surface area is 101 Å². The molecule has 2 N–H and O–H groups in total. The molecule has 1 saturated carbocycles. The van der Waals surface area contributed by atoms with Crippen LogP contribution in [0.5, 0.6) is 5.75 Å². The van der Waals surface area contributed by atoms with Crippen LogP contribution < -0.4 is 0 Å². The predicted molar refractivity (Wildman–Crippen MR) is 68.2 cm³/mol. The van der Waals surface area contributed by atoms with Gasteiger partial charge in [-0.2, -0.15) is 0 Å². The molecule has 1 aliphatic carbocycles. The summed E-state index contributed by atoms with van der Waals surface area (Å²) in [5.41, 5.74) is 1.10. The van der Waals surface area contributed by atoms with Crippen molar-refractivity contribution in [2.75, 3.05) is 6.61 Å². The minimum absolute atomic E-state index is 0.0761. The lowest BCUT2D eigenvalue weighted by Gasteiger charge is -2.41. The van der Waals surface area contributed by atoms with Crippen molar-refractivity contribution in [2.45, 2.75) is 24.7 Å². The monoisotopic (exact) mass is 228 g/mol. The van der Waals surface area contributed by atoms with Gasteiger partial charge in [0, 0.05) is 10.8 Å². The Balaban J connectivity index is 2.26. The molecule has 88 valence electrons. The molecule has 0 atom stereocenters. The summed E-state index contributed by atoms with van der Waals surface area (Å²) in [5.74, 6) is 0.316. The Hall–Kier alpha value is -1.54. The third-order valence-electron chi connectivity index (χ3n) is 4.08. The van der Waals surface area contributed by atoms with E-state index in [1.165, 1.54) is 12.0 Å². The third-order valence-corrected chi connectivity index (χ3v) is 4.08. The summed E-state index contributed by atoms with van der Waals surface area (Å²) in [7, 11) is 0. The van der Waals surface area contributed by atoms with Crippen molar-refractivity contribution < 1.29 is 10.2 Å².